The lowest BCUT2D eigenvalue weighted by atomic mass is 9.99. The van der Waals surface area contributed by atoms with E-state index in [0.717, 1.165) is 29.2 Å². The van der Waals surface area contributed by atoms with Crippen LogP contribution in [0.4, 0.5) is 5.69 Å². The highest BCUT2D eigenvalue weighted by molar-refractivity contribution is 5.92. The van der Waals surface area contributed by atoms with Gasteiger partial charge in [0.05, 0.1) is 6.54 Å². The lowest BCUT2D eigenvalue weighted by Gasteiger charge is -2.17. The number of likely N-dealkylation sites (N-methyl/N-ethyl adjacent to an activating group) is 1. The summed E-state index contributed by atoms with van der Waals surface area (Å²) in [5.41, 5.74) is 3.21. The SMILES string of the molecule is CC[C@@H](C)c1ccc(NC(=O)CN(C)Cc2ccc3c(c2)OCO3)cc1. The van der Waals surface area contributed by atoms with Crippen LogP contribution in [0, 0.1) is 0 Å². The molecule has 2 aromatic rings. The van der Waals surface area contributed by atoms with Crippen molar-refractivity contribution in [2.75, 3.05) is 25.7 Å². The van der Waals surface area contributed by atoms with Crippen LogP contribution in [-0.4, -0.2) is 31.2 Å². The number of rotatable bonds is 7. The van der Waals surface area contributed by atoms with Gasteiger partial charge >= 0.3 is 0 Å². The van der Waals surface area contributed by atoms with E-state index in [1.165, 1.54) is 5.56 Å². The van der Waals surface area contributed by atoms with E-state index in [2.05, 4.69) is 31.3 Å². The van der Waals surface area contributed by atoms with Crippen LogP contribution in [0.25, 0.3) is 0 Å². The van der Waals surface area contributed by atoms with Crippen LogP contribution in [0.2, 0.25) is 0 Å². The van der Waals surface area contributed by atoms with Gasteiger partial charge in [-0.3, -0.25) is 9.69 Å². The molecule has 0 aromatic heterocycles. The van der Waals surface area contributed by atoms with Gasteiger partial charge in [-0.1, -0.05) is 32.0 Å². The monoisotopic (exact) mass is 354 g/mol. The quantitative estimate of drug-likeness (QED) is 0.816. The van der Waals surface area contributed by atoms with Crippen LogP contribution < -0.4 is 14.8 Å². The molecule has 0 saturated carbocycles. The van der Waals surface area contributed by atoms with Crippen molar-refractivity contribution in [2.45, 2.75) is 32.7 Å². The van der Waals surface area contributed by atoms with E-state index in [4.69, 9.17) is 9.47 Å². The fourth-order valence-corrected chi connectivity index (χ4v) is 2.98. The molecule has 0 bridgehead atoms. The molecular weight excluding hydrogens is 328 g/mol. The van der Waals surface area contributed by atoms with Crippen LogP contribution in [0.3, 0.4) is 0 Å². The molecule has 1 N–H and O–H groups in total. The van der Waals surface area contributed by atoms with Gasteiger partial charge in [0.25, 0.3) is 0 Å². The normalized spacial score (nSPS) is 13.7. The Morgan fingerprint density at radius 3 is 2.62 bits per heavy atom. The molecule has 0 aliphatic carbocycles. The number of carbonyl (C=O) groups excluding carboxylic acids is 1. The highest BCUT2D eigenvalue weighted by Crippen LogP contribution is 2.32. The van der Waals surface area contributed by atoms with Crippen molar-refractivity contribution < 1.29 is 14.3 Å². The summed E-state index contributed by atoms with van der Waals surface area (Å²) in [6.07, 6.45) is 1.11. The van der Waals surface area contributed by atoms with Crippen molar-refractivity contribution in [3.8, 4) is 11.5 Å². The summed E-state index contributed by atoms with van der Waals surface area (Å²) in [4.78, 5) is 14.3. The van der Waals surface area contributed by atoms with E-state index in [1.807, 2.05) is 42.3 Å². The first-order valence-corrected chi connectivity index (χ1v) is 9.02. The zero-order valence-electron chi connectivity index (χ0n) is 15.6. The largest absolute Gasteiger partial charge is 0.454 e. The molecule has 0 saturated heterocycles. The van der Waals surface area contributed by atoms with Gasteiger partial charge in [-0.15, -0.1) is 0 Å². The lowest BCUT2D eigenvalue weighted by Crippen LogP contribution is -2.29. The number of anilines is 1. The molecule has 5 nitrogen and oxygen atoms in total. The van der Waals surface area contributed by atoms with Crippen LogP contribution in [0.15, 0.2) is 42.5 Å². The molecule has 5 heteroatoms. The van der Waals surface area contributed by atoms with Gasteiger partial charge in [-0.05, 0) is 54.8 Å². The lowest BCUT2D eigenvalue weighted by molar-refractivity contribution is -0.117. The molecule has 0 spiro atoms. The minimum absolute atomic E-state index is 0.0236. The molecule has 138 valence electrons. The molecule has 1 aliphatic heterocycles. The summed E-state index contributed by atoms with van der Waals surface area (Å²) in [5.74, 6) is 2.05. The molecular formula is C21H26N2O3. The number of nitrogens with one attached hydrogen (secondary N) is 1. The van der Waals surface area contributed by atoms with Crippen molar-refractivity contribution in [1.82, 2.24) is 4.90 Å². The Morgan fingerprint density at radius 1 is 1.15 bits per heavy atom. The third-order valence-electron chi connectivity index (χ3n) is 4.68. The van der Waals surface area contributed by atoms with Crippen LogP contribution in [0.1, 0.15) is 37.3 Å². The molecule has 2 aromatic carbocycles. The summed E-state index contributed by atoms with van der Waals surface area (Å²) < 4.78 is 10.7. The molecule has 0 unspecified atom stereocenters. The first kappa shape index (κ1) is 18.3. The van der Waals surface area contributed by atoms with E-state index < -0.39 is 0 Å². The van der Waals surface area contributed by atoms with Gasteiger partial charge < -0.3 is 14.8 Å². The number of fused-ring (bicyclic) bond motifs is 1. The second kappa shape index (κ2) is 8.23. The standard InChI is InChI=1S/C21H26N2O3/c1-4-15(2)17-6-8-18(9-7-17)22-21(24)13-23(3)12-16-5-10-19-20(11-16)26-14-25-19/h5-11,15H,4,12-14H2,1-3H3,(H,22,24)/t15-/m1/s1. The van der Waals surface area contributed by atoms with E-state index in [9.17, 15) is 4.79 Å². The average molecular weight is 354 g/mol. The third-order valence-corrected chi connectivity index (χ3v) is 4.68. The third kappa shape index (κ3) is 4.55. The number of hydrogen-bond acceptors (Lipinski definition) is 4. The number of carbonyl (C=O) groups is 1. The molecule has 1 amide bonds. The van der Waals surface area contributed by atoms with E-state index in [1.54, 1.807) is 0 Å². The van der Waals surface area contributed by atoms with Crippen LogP contribution >= 0.6 is 0 Å². The minimum atomic E-state index is -0.0236. The number of benzene rings is 2. The van der Waals surface area contributed by atoms with Gasteiger partial charge in [-0.25, -0.2) is 0 Å². The predicted octanol–water partition coefficient (Wildman–Crippen LogP) is 4.00. The number of nitrogens with zero attached hydrogens (tertiary/aromatic N) is 1. The maximum atomic E-state index is 12.3. The van der Waals surface area contributed by atoms with E-state index in [0.29, 0.717) is 19.0 Å². The van der Waals surface area contributed by atoms with E-state index >= 15 is 0 Å². The van der Waals surface area contributed by atoms with Gasteiger partial charge in [-0.2, -0.15) is 0 Å². The van der Waals surface area contributed by atoms with E-state index in [-0.39, 0.29) is 12.7 Å². The predicted molar refractivity (Wildman–Crippen MR) is 103 cm³/mol. The maximum absolute atomic E-state index is 12.3. The van der Waals surface area contributed by atoms with Crippen molar-refractivity contribution >= 4 is 11.6 Å². The average Bonchev–Trinajstić information content (AvgIpc) is 3.09. The van der Waals surface area contributed by atoms with Crippen molar-refractivity contribution in [3.63, 3.8) is 0 Å². The Labute approximate surface area is 154 Å². The molecule has 1 heterocycles. The Kier molecular flexibility index (Phi) is 5.78. The summed E-state index contributed by atoms with van der Waals surface area (Å²) in [7, 11) is 1.93. The first-order valence-electron chi connectivity index (χ1n) is 9.02. The Balaban J connectivity index is 1.51. The van der Waals surface area contributed by atoms with Gasteiger partial charge in [0.2, 0.25) is 12.7 Å². The van der Waals surface area contributed by atoms with Crippen LogP contribution in [0.5, 0.6) is 11.5 Å². The zero-order valence-corrected chi connectivity index (χ0v) is 15.6. The Morgan fingerprint density at radius 2 is 1.88 bits per heavy atom. The van der Waals surface area contributed by atoms with Crippen LogP contribution in [-0.2, 0) is 11.3 Å². The topological polar surface area (TPSA) is 50.8 Å². The van der Waals surface area contributed by atoms with Gasteiger partial charge in [0.15, 0.2) is 11.5 Å². The fraction of sp³-hybridized carbons (Fsp3) is 0.381. The second-order valence-corrected chi connectivity index (χ2v) is 6.84. The fourth-order valence-electron chi connectivity index (χ4n) is 2.98. The molecule has 3 rings (SSSR count). The molecule has 26 heavy (non-hydrogen) atoms. The number of ether oxygens (including phenoxy) is 2. The maximum Gasteiger partial charge on any atom is 0.238 e. The smallest absolute Gasteiger partial charge is 0.238 e. The number of hydrogen-bond donors (Lipinski definition) is 1. The summed E-state index contributed by atoms with van der Waals surface area (Å²) >= 11 is 0. The Hall–Kier alpha value is -2.53. The van der Waals surface area contributed by atoms with Gasteiger partial charge in [0, 0.05) is 12.2 Å². The van der Waals surface area contributed by atoms with Crippen molar-refractivity contribution in [2.24, 2.45) is 0 Å². The molecule has 1 atom stereocenters. The summed E-state index contributed by atoms with van der Waals surface area (Å²) in [6, 6.07) is 14.0. The number of amides is 1. The molecule has 0 radical (unpaired) electrons. The van der Waals surface area contributed by atoms with Crippen molar-refractivity contribution in [3.05, 3.63) is 53.6 Å². The first-order chi connectivity index (χ1) is 12.5. The highest BCUT2D eigenvalue weighted by Gasteiger charge is 2.14. The minimum Gasteiger partial charge on any atom is -0.454 e. The molecule has 1 aliphatic rings. The highest BCUT2D eigenvalue weighted by atomic mass is 16.7. The van der Waals surface area contributed by atoms with Crippen molar-refractivity contribution in [1.29, 1.82) is 0 Å². The Bertz CT molecular complexity index is 758. The summed E-state index contributed by atoms with van der Waals surface area (Å²) in [5, 5.41) is 2.96. The second-order valence-electron chi connectivity index (χ2n) is 6.84. The van der Waals surface area contributed by atoms with Gasteiger partial charge in [0.1, 0.15) is 0 Å². The summed E-state index contributed by atoms with van der Waals surface area (Å²) in [6.45, 7) is 5.64. The molecule has 0 fully saturated rings. The zero-order chi connectivity index (χ0) is 18.5.